The number of aromatic nitrogens is 1. The molecule has 0 spiro atoms. The Kier molecular flexibility index (Phi) is 7.89. The molecule has 1 aromatic rings. The summed E-state index contributed by atoms with van der Waals surface area (Å²) in [7, 11) is 1.81. The van der Waals surface area contributed by atoms with Crippen molar-refractivity contribution in [2.75, 3.05) is 13.6 Å². The highest BCUT2D eigenvalue weighted by Gasteiger charge is 2.10. The first kappa shape index (κ1) is 15.7. The predicted octanol–water partition coefficient (Wildman–Crippen LogP) is 2.48. The van der Waals surface area contributed by atoms with Gasteiger partial charge >= 0.3 is 0 Å². The summed E-state index contributed by atoms with van der Waals surface area (Å²) in [6.45, 7) is 3.45. The Morgan fingerprint density at radius 3 is 2.74 bits per heavy atom. The Bertz CT molecular complexity index is 363. The fraction of sp³-hybridized carbons (Fsp3) is 0.714. The maximum absolute atomic E-state index is 11.7. The van der Waals surface area contributed by atoms with Gasteiger partial charge in [-0.2, -0.15) is 0 Å². The third-order valence-corrected chi connectivity index (χ3v) is 2.93. The number of nitrogens with one attached hydrogen (secondary N) is 2. The first-order valence-electron chi connectivity index (χ1n) is 7.15. The van der Waals surface area contributed by atoms with Gasteiger partial charge in [-0.15, -0.1) is 0 Å². The highest BCUT2D eigenvalue weighted by Crippen LogP contribution is 2.05. The van der Waals surface area contributed by atoms with Crippen molar-refractivity contribution >= 4 is 5.91 Å². The Morgan fingerprint density at radius 2 is 2.00 bits per heavy atom. The van der Waals surface area contributed by atoms with E-state index in [1.165, 1.54) is 38.4 Å². The molecule has 2 N–H and O–H groups in total. The first-order chi connectivity index (χ1) is 9.27. The third-order valence-electron chi connectivity index (χ3n) is 2.93. The quantitative estimate of drug-likeness (QED) is 0.639. The number of amides is 1. The molecule has 1 heterocycles. The van der Waals surface area contributed by atoms with Gasteiger partial charge < -0.3 is 15.1 Å². The van der Waals surface area contributed by atoms with Gasteiger partial charge in [-0.1, -0.05) is 39.0 Å². The smallest absolute Gasteiger partial charge is 0.273 e. The first-order valence-corrected chi connectivity index (χ1v) is 7.15. The molecule has 0 unspecified atom stereocenters. The van der Waals surface area contributed by atoms with E-state index < -0.39 is 0 Å². The molecule has 5 heteroatoms. The summed E-state index contributed by atoms with van der Waals surface area (Å²) < 4.78 is 5.16. The normalized spacial score (nSPS) is 10.6. The molecule has 0 atom stereocenters. The van der Waals surface area contributed by atoms with E-state index in [2.05, 4.69) is 22.5 Å². The predicted molar refractivity (Wildman–Crippen MR) is 75.0 cm³/mol. The summed E-state index contributed by atoms with van der Waals surface area (Å²) in [6.07, 6.45) is 8.71. The van der Waals surface area contributed by atoms with Crippen LogP contribution in [0.15, 0.2) is 10.7 Å². The second-order valence-corrected chi connectivity index (χ2v) is 4.68. The van der Waals surface area contributed by atoms with Crippen molar-refractivity contribution in [3.05, 3.63) is 17.8 Å². The molecule has 0 saturated heterocycles. The topological polar surface area (TPSA) is 67.2 Å². The number of rotatable bonds is 10. The van der Waals surface area contributed by atoms with E-state index in [4.69, 9.17) is 4.42 Å². The van der Waals surface area contributed by atoms with Crippen LogP contribution in [0.4, 0.5) is 0 Å². The van der Waals surface area contributed by atoms with Crippen LogP contribution in [0.3, 0.4) is 0 Å². The van der Waals surface area contributed by atoms with Crippen LogP contribution in [0.2, 0.25) is 0 Å². The van der Waals surface area contributed by atoms with Crippen molar-refractivity contribution in [2.45, 2.75) is 52.0 Å². The molecular weight excluding hydrogens is 242 g/mol. The van der Waals surface area contributed by atoms with E-state index in [9.17, 15) is 4.79 Å². The lowest BCUT2D eigenvalue weighted by atomic mass is 10.1. The molecule has 19 heavy (non-hydrogen) atoms. The van der Waals surface area contributed by atoms with E-state index in [1.807, 2.05) is 7.05 Å². The zero-order chi connectivity index (χ0) is 13.9. The summed E-state index contributed by atoms with van der Waals surface area (Å²) in [4.78, 5) is 15.8. The standard InChI is InChI=1S/C14H25N3O2/c1-3-4-5-6-7-8-9-16-14(18)12-11-19-13(17-12)10-15-2/h11,15H,3-10H2,1-2H3,(H,16,18). The van der Waals surface area contributed by atoms with Gasteiger partial charge in [0.05, 0.1) is 6.54 Å². The van der Waals surface area contributed by atoms with Crippen molar-refractivity contribution < 1.29 is 9.21 Å². The molecule has 0 aliphatic carbocycles. The number of hydrogen-bond acceptors (Lipinski definition) is 4. The maximum Gasteiger partial charge on any atom is 0.273 e. The molecule has 0 bridgehead atoms. The molecule has 0 aliphatic heterocycles. The van der Waals surface area contributed by atoms with Crippen LogP contribution in [0, 0.1) is 0 Å². The fourth-order valence-corrected chi connectivity index (χ4v) is 1.85. The Balaban J connectivity index is 2.13. The zero-order valence-electron chi connectivity index (χ0n) is 12.0. The van der Waals surface area contributed by atoms with Gasteiger partial charge in [0.25, 0.3) is 5.91 Å². The summed E-state index contributed by atoms with van der Waals surface area (Å²) in [6, 6.07) is 0. The number of nitrogens with zero attached hydrogens (tertiary/aromatic N) is 1. The van der Waals surface area contributed by atoms with E-state index in [0.717, 1.165) is 6.42 Å². The molecule has 0 radical (unpaired) electrons. The highest BCUT2D eigenvalue weighted by molar-refractivity contribution is 5.91. The largest absolute Gasteiger partial charge is 0.447 e. The Hall–Kier alpha value is -1.36. The molecule has 0 saturated carbocycles. The Labute approximate surface area is 115 Å². The minimum absolute atomic E-state index is 0.153. The van der Waals surface area contributed by atoms with Crippen LogP contribution in [0.5, 0.6) is 0 Å². The number of unbranched alkanes of at least 4 members (excludes halogenated alkanes) is 5. The number of carbonyl (C=O) groups is 1. The Morgan fingerprint density at radius 1 is 1.26 bits per heavy atom. The van der Waals surface area contributed by atoms with E-state index in [0.29, 0.717) is 24.7 Å². The summed E-state index contributed by atoms with van der Waals surface area (Å²) >= 11 is 0. The van der Waals surface area contributed by atoms with Gasteiger partial charge in [0.15, 0.2) is 5.69 Å². The average molecular weight is 267 g/mol. The van der Waals surface area contributed by atoms with Crippen molar-refractivity contribution in [3.8, 4) is 0 Å². The second kappa shape index (κ2) is 9.55. The number of hydrogen-bond donors (Lipinski definition) is 2. The lowest BCUT2D eigenvalue weighted by Gasteiger charge is -2.02. The molecular formula is C14H25N3O2. The zero-order valence-corrected chi connectivity index (χ0v) is 12.0. The van der Waals surface area contributed by atoms with Gasteiger partial charge in [0.1, 0.15) is 6.26 Å². The van der Waals surface area contributed by atoms with E-state index >= 15 is 0 Å². The van der Waals surface area contributed by atoms with Crippen LogP contribution >= 0.6 is 0 Å². The van der Waals surface area contributed by atoms with Crippen LogP contribution in [-0.4, -0.2) is 24.5 Å². The summed E-state index contributed by atoms with van der Waals surface area (Å²) in [5, 5.41) is 5.79. The summed E-state index contributed by atoms with van der Waals surface area (Å²) in [5.41, 5.74) is 0.358. The highest BCUT2D eigenvalue weighted by atomic mass is 16.3. The molecule has 5 nitrogen and oxygen atoms in total. The molecule has 1 aromatic heterocycles. The van der Waals surface area contributed by atoms with Crippen LogP contribution in [-0.2, 0) is 6.54 Å². The lowest BCUT2D eigenvalue weighted by molar-refractivity contribution is 0.0948. The van der Waals surface area contributed by atoms with Gasteiger partial charge in [-0.25, -0.2) is 4.98 Å². The number of oxazole rings is 1. The molecule has 0 fully saturated rings. The van der Waals surface area contributed by atoms with Crippen molar-refractivity contribution in [1.29, 1.82) is 0 Å². The van der Waals surface area contributed by atoms with Crippen molar-refractivity contribution in [1.82, 2.24) is 15.6 Å². The minimum Gasteiger partial charge on any atom is -0.447 e. The maximum atomic E-state index is 11.7. The van der Waals surface area contributed by atoms with E-state index in [1.54, 1.807) is 0 Å². The van der Waals surface area contributed by atoms with Crippen molar-refractivity contribution in [3.63, 3.8) is 0 Å². The lowest BCUT2D eigenvalue weighted by Crippen LogP contribution is -2.24. The molecule has 1 amide bonds. The number of carbonyl (C=O) groups excluding carboxylic acids is 1. The van der Waals surface area contributed by atoms with E-state index in [-0.39, 0.29) is 5.91 Å². The molecule has 0 aliphatic rings. The van der Waals surface area contributed by atoms with Crippen molar-refractivity contribution in [2.24, 2.45) is 0 Å². The van der Waals surface area contributed by atoms with Gasteiger partial charge in [-0.3, -0.25) is 4.79 Å². The second-order valence-electron chi connectivity index (χ2n) is 4.68. The minimum atomic E-state index is -0.153. The third kappa shape index (κ3) is 6.38. The summed E-state index contributed by atoms with van der Waals surface area (Å²) in [5.74, 6) is 0.381. The van der Waals surface area contributed by atoms with Gasteiger partial charge in [-0.05, 0) is 13.5 Å². The van der Waals surface area contributed by atoms with Crippen LogP contribution in [0.25, 0.3) is 0 Å². The molecule has 1 rings (SSSR count). The molecule has 0 aromatic carbocycles. The average Bonchev–Trinajstić information content (AvgIpc) is 2.87. The van der Waals surface area contributed by atoms with Crippen LogP contribution < -0.4 is 10.6 Å². The fourth-order valence-electron chi connectivity index (χ4n) is 1.85. The molecule has 108 valence electrons. The van der Waals surface area contributed by atoms with Crippen LogP contribution in [0.1, 0.15) is 61.8 Å². The van der Waals surface area contributed by atoms with Gasteiger partial charge in [0.2, 0.25) is 5.89 Å². The monoisotopic (exact) mass is 267 g/mol. The SMILES string of the molecule is CCCCCCCCNC(=O)c1coc(CNC)n1. The van der Waals surface area contributed by atoms with Gasteiger partial charge in [0, 0.05) is 6.54 Å².